The number of esters is 2. The molecule has 2 aliphatic heterocycles. The van der Waals surface area contributed by atoms with Crippen LogP contribution in [0.5, 0.6) is 0 Å². The second kappa shape index (κ2) is 17.7. The van der Waals surface area contributed by atoms with Crippen molar-refractivity contribution < 1.29 is 48.5 Å². The van der Waals surface area contributed by atoms with E-state index in [9.17, 15) is 24.8 Å². The molecule has 47 heavy (non-hydrogen) atoms. The average molecular weight is 673 g/mol. The lowest BCUT2D eigenvalue weighted by Crippen LogP contribution is -2.60. The molecule has 12 nitrogen and oxygen atoms in total. The number of carbonyl (C=O) groups is 3. The van der Waals surface area contributed by atoms with E-state index in [1.807, 2.05) is 62.3 Å². The largest absolute Gasteiger partial charge is 0.468 e. The summed E-state index contributed by atoms with van der Waals surface area (Å²) in [7, 11) is 0. The van der Waals surface area contributed by atoms with Crippen LogP contribution >= 0.6 is 0 Å². The molecule has 2 fully saturated rings. The molecule has 2 N–H and O–H groups in total. The summed E-state index contributed by atoms with van der Waals surface area (Å²) in [5.41, 5.74) is -3.21. The van der Waals surface area contributed by atoms with Crippen molar-refractivity contribution in [3.05, 3.63) is 0 Å². The number of carbonyl (C=O) groups excluding carboxylic acids is 3. The van der Waals surface area contributed by atoms with E-state index in [-0.39, 0.29) is 44.9 Å². The van der Waals surface area contributed by atoms with Gasteiger partial charge in [0.25, 0.3) is 6.47 Å². The van der Waals surface area contributed by atoms with Gasteiger partial charge >= 0.3 is 11.9 Å². The lowest BCUT2D eigenvalue weighted by atomic mass is 9.78. The molecule has 0 aromatic heterocycles. The first-order valence-corrected chi connectivity index (χ1v) is 17.5. The average Bonchev–Trinajstić information content (AvgIpc) is 2.97. The zero-order chi connectivity index (χ0) is 35.5. The molecule has 0 bridgehead atoms. The van der Waals surface area contributed by atoms with Gasteiger partial charge < -0.3 is 34.1 Å². The van der Waals surface area contributed by atoms with Crippen molar-refractivity contribution in [3.8, 4) is 0 Å². The van der Waals surface area contributed by atoms with E-state index in [4.69, 9.17) is 23.7 Å². The molecule has 0 unspecified atom stereocenters. The van der Waals surface area contributed by atoms with Crippen LogP contribution in [0.3, 0.4) is 0 Å². The Balaban J connectivity index is 1.95. The SMILES string of the molecule is CCCCC(CCCOC=O)(C(=O)OCCCOC1CC(C)(C)N(O)C(C)(C)C1)C(=O)OCCCOC1CC(C)(C)N(O)C(C)(C)C1. The quantitative estimate of drug-likeness (QED) is 0.0527. The summed E-state index contributed by atoms with van der Waals surface area (Å²) in [5, 5.41) is 23.9. The fourth-order valence-corrected chi connectivity index (χ4v) is 7.42. The molecule has 0 amide bonds. The predicted octanol–water partition coefficient (Wildman–Crippen LogP) is 5.84. The number of hydrogen-bond acceptors (Lipinski definition) is 12. The Morgan fingerprint density at radius 3 is 1.40 bits per heavy atom. The summed E-state index contributed by atoms with van der Waals surface area (Å²) in [4.78, 5) is 38.0. The van der Waals surface area contributed by atoms with E-state index in [1.165, 1.54) is 10.1 Å². The summed E-state index contributed by atoms with van der Waals surface area (Å²) in [6.45, 7) is 19.2. The second-order valence-electron chi connectivity index (χ2n) is 15.9. The van der Waals surface area contributed by atoms with Crippen LogP contribution in [0.25, 0.3) is 0 Å². The van der Waals surface area contributed by atoms with Crippen LogP contribution in [0.15, 0.2) is 0 Å². The molecule has 0 radical (unpaired) electrons. The third-order valence-electron chi connectivity index (χ3n) is 9.63. The minimum absolute atomic E-state index is 0.0417. The first-order chi connectivity index (χ1) is 21.8. The smallest absolute Gasteiger partial charge is 0.323 e. The van der Waals surface area contributed by atoms with Crippen molar-refractivity contribution in [2.75, 3.05) is 33.0 Å². The molecule has 274 valence electrons. The first kappa shape index (κ1) is 41.3. The van der Waals surface area contributed by atoms with Crippen LogP contribution in [0.1, 0.15) is 133 Å². The van der Waals surface area contributed by atoms with Gasteiger partial charge in [0.1, 0.15) is 0 Å². The van der Waals surface area contributed by atoms with Gasteiger partial charge in [-0.1, -0.05) is 19.8 Å². The van der Waals surface area contributed by atoms with Gasteiger partial charge in [0.05, 0.1) is 45.2 Å². The molecule has 0 aliphatic carbocycles. The Labute approximate surface area is 282 Å². The van der Waals surface area contributed by atoms with Crippen LogP contribution in [0.4, 0.5) is 0 Å². The number of hydrogen-bond donors (Lipinski definition) is 2. The monoisotopic (exact) mass is 672 g/mol. The number of rotatable bonds is 20. The van der Waals surface area contributed by atoms with Gasteiger partial charge in [-0.25, -0.2) is 0 Å². The predicted molar refractivity (Wildman–Crippen MR) is 176 cm³/mol. The van der Waals surface area contributed by atoms with Gasteiger partial charge in [0, 0.05) is 35.0 Å². The fourth-order valence-electron chi connectivity index (χ4n) is 7.42. The van der Waals surface area contributed by atoms with Gasteiger partial charge in [-0.2, -0.15) is 10.1 Å². The normalized spacial score (nSPS) is 21.7. The summed E-state index contributed by atoms with van der Waals surface area (Å²) in [6.07, 6.45) is 5.62. The highest BCUT2D eigenvalue weighted by Gasteiger charge is 2.49. The molecular formula is C35H64N2O10. The minimum atomic E-state index is -1.51. The van der Waals surface area contributed by atoms with Crippen molar-refractivity contribution in [2.45, 2.75) is 167 Å². The van der Waals surface area contributed by atoms with Crippen LogP contribution in [-0.2, 0) is 38.1 Å². The van der Waals surface area contributed by atoms with E-state index in [2.05, 4.69) is 0 Å². The molecular weight excluding hydrogens is 608 g/mol. The second-order valence-corrected chi connectivity index (χ2v) is 15.9. The van der Waals surface area contributed by atoms with E-state index in [0.29, 0.717) is 71.1 Å². The standard InChI is InChI=1S/C35H64N2O10/c1-10-11-15-35(16-12-17-43-26-38,29(39)46-20-13-18-44-27-22-31(2,3)36(41)32(4,5)23-27)30(40)47-21-14-19-45-28-24-33(6,7)37(42)34(8,9)25-28/h26-28,41-42H,10-25H2,1-9H3. The van der Waals surface area contributed by atoms with Gasteiger partial charge in [0.15, 0.2) is 5.41 Å². The number of hydroxylamine groups is 4. The topological polar surface area (TPSA) is 144 Å². The Hall–Kier alpha value is -1.83. The summed E-state index contributed by atoms with van der Waals surface area (Å²) >= 11 is 0. The zero-order valence-electron chi connectivity index (χ0n) is 30.6. The third kappa shape index (κ3) is 11.6. The minimum Gasteiger partial charge on any atom is -0.468 e. The molecule has 12 heteroatoms. The summed E-state index contributed by atoms with van der Waals surface area (Å²) in [5.74, 6) is -1.26. The first-order valence-electron chi connectivity index (χ1n) is 17.5. The Morgan fingerprint density at radius 2 is 1.04 bits per heavy atom. The van der Waals surface area contributed by atoms with E-state index >= 15 is 0 Å². The number of unbranched alkanes of at least 4 members (excludes halogenated alkanes) is 1. The summed E-state index contributed by atoms with van der Waals surface area (Å²) < 4.78 is 28.5. The van der Waals surface area contributed by atoms with E-state index < -0.39 is 39.5 Å². The highest BCUT2D eigenvalue weighted by Crippen LogP contribution is 2.39. The Morgan fingerprint density at radius 1 is 0.660 bits per heavy atom. The highest BCUT2D eigenvalue weighted by atomic mass is 16.6. The Bertz CT molecular complexity index is 899. The lowest BCUT2D eigenvalue weighted by molar-refractivity contribution is -0.261. The molecule has 0 aromatic carbocycles. The molecule has 2 rings (SSSR count). The maximum atomic E-state index is 13.6. The maximum absolute atomic E-state index is 13.6. The van der Waals surface area contributed by atoms with Crippen molar-refractivity contribution >= 4 is 18.4 Å². The molecule has 0 aromatic rings. The molecule has 0 atom stereocenters. The van der Waals surface area contributed by atoms with E-state index in [0.717, 1.165) is 6.42 Å². The fraction of sp³-hybridized carbons (Fsp3) is 0.914. The van der Waals surface area contributed by atoms with Crippen LogP contribution in [0, 0.1) is 5.41 Å². The highest BCUT2D eigenvalue weighted by molar-refractivity contribution is 6.00. The maximum Gasteiger partial charge on any atom is 0.323 e. The number of ether oxygens (including phenoxy) is 5. The van der Waals surface area contributed by atoms with Gasteiger partial charge in [-0.05, 0) is 100 Å². The number of nitrogens with zero attached hydrogens (tertiary/aromatic N) is 2. The van der Waals surface area contributed by atoms with Crippen molar-refractivity contribution in [1.82, 2.24) is 10.1 Å². The number of piperidine rings is 2. The van der Waals surface area contributed by atoms with Crippen LogP contribution in [0.2, 0.25) is 0 Å². The molecule has 2 aliphatic rings. The van der Waals surface area contributed by atoms with Crippen molar-refractivity contribution in [1.29, 1.82) is 0 Å². The van der Waals surface area contributed by atoms with Gasteiger partial charge in [-0.3, -0.25) is 14.4 Å². The van der Waals surface area contributed by atoms with Gasteiger partial charge in [-0.15, -0.1) is 0 Å². The Kier molecular flexibility index (Phi) is 15.6. The van der Waals surface area contributed by atoms with Crippen LogP contribution in [-0.4, -0.2) is 106 Å². The zero-order valence-corrected chi connectivity index (χ0v) is 30.6. The van der Waals surface area contributed by atoms with Crippen LogP contribution < -0.4 is 0 Å². The third-order valence-corrected chi connectivity index (χ3v) is 9.63. The molecule has 2 heterocycles. The van der Waals surface area contributed by atoms with E-state index in [1.54, 1.807) is 0 Å². The lowest BCUT2D eigenvalue weighted by Gasteiger charge is -2.51. The van der Waals surface area contributed by atoms with Crippen molar-refractivity contribution in [2.24, 2.45) is 5.41 Å². The molecule has 2 saturated heterocycles. The molecule has 0 saturated carbocycles. The van der Waals surface area contributed by atoms with Crippen molar-refractivity contribution in [3.63, 3.8) is 0 Å². The molecule has 0 spiro atoms. The summed E-state index contributed by atoms with van der Waals surface area (Å²) in [6, 6.07) is 0. The van der Waals surface area contributed by atoms with Gasteiger partial charge in [0.2, 0.25) is 0 Å².